The maximum Gasteiger partial charge on any atom is 0.323 e. The molecule has 4 heteroatoms. The first-order valence-corrected chi connectivity index (χ1v) is 6.91. The van der Waals surface area contributed by atoms with Crippen molar-refractivity contribution >= 4 is 5.97 Å². The third kappa shape index (κ3) is 3.83. The highest BCUT2D eigenvalue weighted by Gasteiger charge is 2.15. The molecule has 0 saturated carbocycles. The van der Waals surface area contributed by atoms with Crippen LogP contribution in [-0.2, 0) is 16.0 Å². The molecule has 1 atom stereocenters. The van der Waals surface area contributed by atoms with Crippen LogP contribution in [0.1, 0.15) is 12.5 Å². The Balaban J connectivity index is 2.19. The molecule has 0 heterocycles. The van der Waals surface area contributed by atoms with Crippen molar-refractivity contribution < 1.29 is 14.6 Å². The standard InChI is InChI=1S/C17H19NO3/c1-2-21-17(20)15(18)11-12-6-5-7-13(10-12)14-8-3-4-9-16(14)19/h3-10,15,19H,2,11,18H2,1H3. The lowest BCUT2D eigenvalue weighted by molar-refractivity contribution is -0.144. The van der Waals surface area contributed by atoms with Crippen molar-refractivity contribution in [1.29, 1.82) is 0 Å². The Kier molecular flexibility index (Phi) is 4.95. The number of esters is 1. The second-order valence-electron chi connectivity index (χ2n) is 4.78. The normalized spacial score (nSPS) is 11.9. The fourth-order valence-corrected chi connectivity index (χ4v) is 2.17. The van der Waals surface area contributed by atoms with Crippen LogP contribution in [0.15, 0.2) is 48.5 Å². The summed E-state index contributed by atoms with van der Waals surface area (Å²) >= 11 is 0. The van der Waals surface area contributed by atoms with Crippen molar-refractivity contribution in [3.8, 4) is 16.9 Å². The van der Waals surface area contributed by atoms with Crippen molar-refractivity contribution in [3.05, 3.63) is 54.1 Å². The van der Waals surface area contributed by atoms with Gasteiger partial charge in [0.25, 0.3) is 0 Å². The molecule has 0 aliphatic rings. The van der Waals surface area contributed by atoms with Crippen LogP contribution in [0.3, 0.4) is 0 Å². The fourth-order valence-electron chi connectivity index (χ4n) is 2.17. The van der Waals surface area contributed by atoms with Gasteiger partial charge in [0.05, 0.1) is 6.61 Å². The number of hydrogen-bond donors (Lipinski definition) is 2. The Labute approximate surface area is 124 Å². The number of carbonyl (C=O) groups excluding carboxylic acids is 1. The first kappa shape index (κ1) is 15.1. The minimum atomic E-state index is -0.676. The van der Waals surface area contributed by atoms with Crippen LogP contribution in [0.2, 0.25) is 0 Å². The zero-order chi connectivity index (χ0) is 15.2. The van der Waals surface area contributed by atoms with Crippen LogP contribution in [0.25, 0.3) is 11.1 Å². The van der Waals surface area contributed by atoms with Gasteiger partial charge in [-0.15, -0.1) is 0 Å². The molecule has 1 unspecified atom stereocenters. The summed E-state index contributed by atoms with van der Waals surface area (Å²) in [6.45, 7) is 2.08. The minimum Gasteiger partial charge on any atom is -0.507 e. The Morgan fingerprint density at radius 2 is 2.00 bits per heavy atom. The summed E-state index contributed by atoms with van der Waals surface area (Å²) in [5, 5.41) is 9.90. The number of hydrogen-bond acceptors (Lipinski definition) is 4. The van der Waals surface area contributed by atoms with Gasteiger partial charge < -0.3 is 15.6 Å². The smallest absolute Gasteiger partial charge is 0.323 e. The first-order chi connectivity index (χ1) is 10.1. The number of carbonyl (C=O) groups is 1. The van der Waals surface area contributed by atoms with Crippen molar-refractivity contribution in [2.75, 3.05) is 6.61 Å². The van der Waals surface area contributed by atoms with Gasteiger partial charge in [-0.1, -0.05) is 42.5 Å². The molecule has 2 aromatic carbocycles. The molecule has 2 aromatic rings. The lowest BCUT2D eigenvalue weighted by Gasteiger charge is -2.12. The van der Waals surface area contributed by atoms with Crippen molar-refractivity contribution in [1.82, 2.24) is 0 Å². The van der Waals surface area contributed by atoms with E-state index in [-0.39, 0.29) is 5.75 Å². The van der Waals surface area contributed by atoms with Gasteiger partial charge in [-0.2, -0.15) is 0 Å². The van der Waals surface area contributed by atoms with E-state index in [0.29, 0.717) is 13.0 Å². The second-order valence-corrected chi connectivity index (χ2v) is 4.78. The molecule has 2 rings (SSSR count). The van der Waals surface area contributed by atoms with E-state index >= 15 is 0 Å². The predicted molar refractivity (Wildman–Crippen MR) is 81.9 cm³/mol. The summed E-state index contributed by atoms with van der Waals surface area (Å²) in [4.78, 5) is 11.6. The predicted octanol–water partition coefficient (Wildman–Crippen LogP) is 2.49. The van der Waals surface area contributed by atoms with Gasteiger partial charge in [-0.05, 0) is 30.5 Å². The zero-order valence-corrected chi connectivity index (χ0v) is 12.0. The van der Waals surface area contributed by atoms with Crippen molar-refractivity contribution in [2.24, 2.45) is 5.73 Å². The van der Waals surface area contributed by atoms with Crippen LogP contribution in [0.4, 0.5) is 0 Å². The largest absolute Gasteiger partial charge is 0.507 e. The lowest BCUT2D eigenvalue weighted by atomic mass is 9.99. The highest BCUT2D eigenvalue weighted by molar-refractivity contribution is 5.76. The Morgan fingerprint density at radius 3 is 2.71 bits per heavy atom. The van der Waals surface area contributed by atoms with Gasteiger partial charge in [-0.25, -0.2) is 0 Å². The maximum atomic E-state index is 11.6. The number of benzene rings is 2. The molecular weight excluding hydrogens is 266 g/mol. The van der Waals surface area contributed by atoms with Crippen molar-refractivity contribution in [3.63, 3.8) is 0 Å². The Morgan fingerprint density at radius 1 is 1.24 bits per heavy atom. The van der Waals surface area contributed by atoms with Gasteiger partial charge in [0.15, 0.2) is 0 Å². The average Bonchev–Trinajstić information content (AvgIpc) is 2.48. The van der Waals surface area contributed by atoms with Crippen molar-refractivity contribution in [2.45, 2.75) is 19.4 Å². The first-order valence-electron chi connectivity index (χ1n) is 6.91. The van der Waals surface area contributed by atoms with E-state index in [9.17, 15) is 9.90 Å². The Bertz CT molecular complexity index is 625. The maximum absolute atomic E-state index is 11.6. The molecule has 0 bridgehead atoms. The van der Waals surface area contributed by atoms with Gasteiger partial charge in [-0.3, -0.25) is 4.79 Å². The van der Waals surface area contributed by atoms with Crippen LogP contribution >= 0.6 is 0 Å². The fraction of sp³-hybridized carbons (Fsp3) is 0.235. The number of phenolic OH excluding ortho intramolecular Hbond substituents is 1. The number of aromatic hydroxyl groups is 1. The number of nitrogens with two attached hydrogens (primary N) is 1. The Hall–Kier alpha value is -2.33. The number of para-hydroxylation sites is 1. The highest BCUT2D eigenvalue weighted by atomic mass is 16.5. The summed E-state index contributed by atoms with van der Waals surface area (Å²) in [6.07, 6.45) is 0.403. The monoisotopic (exact) mass is 285 g/mol. The highest BCUT2D eigenvalue weighted by Crippen LogP contribution is 2.29. The van der Waals surface area contributed by atoms with Gasteiger partial charge in [0.2, 0.25) is 0 Å². The number of rotatable bonds is 5. The minimum absolute atomic E-state index is 0.226. The third-order valence-electron chi connectivity index (χ3n) is 3.19. The van der Waals surface area contributed by atoms with E-state index in [4.69, 9.17) is 10.5 Å². The molecule has 3 N–H and O–H groups in total. The summed E-state index contributed by atoms with van der Waals surface area (Å²) in [6, 6.07) is 14.1. The molecule has 0 aromatic heterocycles. The summed E-state index contributed by atoms with van der Waals surface area (Å²) in [5.41, 5.74) is 8.40. The summed E-state index contributed by atoms with van der Waals surface area (Å²) in [5.74, 6) is -0.171. The van der Waals surface area contributed by atoms with Crippen LogP contribution in [-0.4, -0.2) is 23.7 Å². The van der Waals surface area contributed by atoms with E-state index in [1.165, 1.54) is 0 Å². The molecule has 0 spiro atoms. The van der Waals surface area contributed by atoms with Crippen LogP contribution in [0.5, 0.6) is 5.75 Å². The molecule has 0 amide bonds. The molecule has 0 fully saturated rings. The molecule has 0 aliphatic heterocycles. The van der Waals surface area contributed by atoms with E-state index in [1.54, 1.807) is 19.1 Å². The second kappa shape index (κ2) is 6.90. The zero-order valence-electron chi connectivity index (χ0n) is 12.0. The van der Waals surface area contributed by atoms with Gasteiger partial charge in [0, 0.05) is 5.56 Å². The summed E-state index contributed by atoms with van der Waals surface area (Å²) < 4.78 is 4.91. The summed E-state index contributed by atoms with van der Waals surface area (Å²) in [7, 11) is 0. The molecular formula is C17H19NO3. The molecule has 110 valence electrons. The van der Waals surface area contributed by atoms with Gasteiger partial charge >= 0.3 is 5.97 Å². The molecule has 4 nitrogen and oxygen atoms in total. The number of ether oxygens (including phenoxy) is 1. The topological polar surface area (TPSA) is 72.5 Å². The lowest BCUT2D eigenvalue weighted by Crippen LogP contribution is -2.34. The third-order valence-corrected chi connectivity index (χ3v) is 3.19. The van der Waals surface area contributed by atoms with E-state index < -0.39 is 12.0 Å². The quantitative estimate of drug-likeness (QED) is 0.828. The van der Waals surface area contributed by atoms with Crippen LogP contribution < -0.4 is 5.73 Å². The van der Waals surface area contributed by atoms with Crippen LogP contribution in [0, 0.1) is 0 Å². The molecule has 0 radical (unpaired) electrons. The SMILES string of the molecule is CCOC(=O)C(N)Cc1cccc(-c2ccccc2O)c1. The van der Waals surface area contributed by atoms with E-state index in [0.717, 1.165) is 16.7 Å². The van der Waals surface area contributed by atoms with E-state index in [2.05, 4.69) is 0 Å². The molecule has 0 saturated heterocycles. The molecule has 0 aliphatic carbocycles. The number of phenols is 1. The van der Waals surface area contributed by atoms with Gasteiger partial charge in [0.1, 0.15) is 11.8 Å². The van der Waals surface area contributed by atoms with E-state index in [1.807, 2.05) is 36.4 Å². The average molecular weight is 285 g/mol. The molecule has 21 heavy (non-hydrogen) atoms.